The van der Waals surface area contributed by atoms with Gasteiger partial charge in [0, 0.05) is 45.4 Å². The molecule has 1 atom stereocenters. The Kier molecular flexibility index (Phi) is 6.71. The minimum atomic E-state index is -0.0408. The fraction of sp³-hybridized carbons (Fsp3) is 0.619. The monoisotopic (exact) mass is 402 g/mol. The molecule has 8 heteroatoms. The van der Waals surface area contributed by atoms with E-state index in [4.69, 9.17) is 8.94 Å². The molecule has 0 bridgehead atoms. The Morgan fingerprint density at radius 3 is 2.83 bits per heavy atom. The normalized spacial score (nSPS) is 17.0. The van der Waals surface area contributed by atoms with Gasteiger partial charge in [-0.05, 0) is 31.7 Å². The first-order valence-corrected chi connectivity index (χ1v) is 10.3. The highest BCUT2D eigenvalue weighted by molar-refractivity contribution is 5.95. The zero-order valence-corrected chi connectivity index (χ0v) is 17.7. The van der Waals surface area contributed by atoms with Crippen molar-refractivity contribution in [1.82, 2.24) is 19.9 Å². The molecule has 1 aliphatic rings. The molecule has 3 rings (SSSR count). The number of aryl methyl sites for hydroxylation is 1. The number of carbonyl (C=O) groups excluding carboxylic acids is 2. The van der Waals surface area contributed by atoms with Crippen LogP contribution in [0.25, 0.3) is 0 Å². The van der Waals surface area contributed by atoms with Crippen LogP contribution in [0, 0.1) is 12.8 Å². The van der Waals surface area contributed by atoms with Crippen LogP contribution in [0.5, 0.6) is 0 Å². The predicted molar refractivity (Wildman–Crippen MR) is 106 cm³/mol. The number of amides is 2. The molecule has 0 N–H and O–H groups in total. The van der Waals surface area contributed by atoms with E-state index < -0.39 is 0 Å². The van der Waals surface area contributed by atoms with Crippen molar-refractivity contribution < 1.29 is 18.5 Å². The third kappa shape index (κ3) is 5.25. The molecule has 1 fully saturated rings. The zero-order chi connectivity index (χ0) is 21.0. The number of hydrogen-bond acceptors (Lipinski definition) is 6. The van der Waals surface area contributed by atoms with Gasteiger partial charge in [0.25, 0.3) is 5.91 Å². The number of carbonyl (C=O) groups is 2. The molecule has 0 spiro atoms. The summed E-state index contributed by atoms with van der Waals surface area (Å²) in [4.78, 5) is 33.2. The lowest BCUT2D eigenvalue weighted by Crippen LogP contribution is -2.51. The summed E-state index contributed by atoms with van der Waals surface area (Å²) in [5.74, 6) is 2.27. The molecule has 0 aliphatic carbocycles. The molecule has 1 unspecified atom stereocenters. The first kappa shape index (κ1) is 21.1. The second-order valence-corrected chi connectivity index (χ2v) is 8.10. The fourth-order valence-electron chi connectivity index (χ4n) is 3.81. The molecule has 158 valence electrons. The van der Waals surface area contributed by atoms with E-state index in [1.54, 1.807) is 19.9 Å². The quantitative estimate of drug-likeness (QED) is 0.707. The highest BCUT2D eigenvalue weighted by Gasteiger charge is 2.30. The molecule has 3 heterocycles. The van der Waals surface area contributed by atoms with Crippen molar-refractivity contribution in [3.8, 4) is 0 Å². The standard InChI is InChI=1S/C21H30N4O4/c1-14(2)12-20-22-19(23-29-20)7-10-25(16(4)26)17-6-5-9-24(13-17)21(27)18-8-11-28-15(18)3/h8,11,14,17H,5-7,9-10,12-13H2,1-4H3. The van der Waals surface area contributed by atoms with Crippen molar-refractivity contribution in [2.24, 2.45) is 5.92 Å². The van der Waals surface area contributed by atoms with Gasteiger partial charge in [-0.25, -0.2) is 0 Å². The van der Waals surface area contributed by atoms with Crippen molar-refractivity contribution in [2.75, 3.05) is 19.6 Å². The van der Waals surface area contributed by atoms with Crippen LogP contribution in [0.15, 0.2) is 21.3 Å². The molecule has 8 nitrogen and oxygen atoms in total. The molecule has 2 amide bonds. The van der Waals surface area contributed by atoms with Gasteiger partial charge in [-0.3, -0.25) is 9.59 Å². The number of rotatable bonds is 7. The number of nitrogens with zero attached hydrogens (tertiary/aromatic N) is 4. The van der Waals surface area contributed by atoms with Crippen LogP contribution in [0.3, 0.4) is 0 Å². The molecule has 1 saturated heterocycles. The lowest BCUT2D eigenvalue weighted by atomic mass is 10.0. The Bertz CT molecular complexity index is 841. The summed E-state index contributed by atoms with van der Waals surface area (Å²) in [6.45, 7) is 9.28. The molecule has 2 aromatic rings. The van der Waals surface area contributed by atoms with Crippen LogP contribution in [0.1, 0.15) is 61.4 Å². The average molecular weight is 402 g/mol. The summed E-state index contributed by atoms with van der Waals surface area (Å²) >= 11 is 0. The molecule has 1 aliphatic heterocycles. The first-order valence-electron chi connectivity index (χ1n) is 10.3. The van der Waals surface area contributed by atoms with Crippen LogP contribution < -0.4 is 0 Å². The lowest BCUT2D eigenvalue weighted by molar-refractivity contribution is -0.132. The maximum Gasteiger partial charge on any atom is 0.257 e. The zero-order valence-electron chi connectivity index (χ0n) is 17.7. The lowest BCUT2D eigenvalue weighted by Gasteiger charge is -2.39. The third-order valence-electron chi connectivity index (χ3n) is 5.29. The van der Waals surface area contributed by atoms with Crippen LogP contribution >= 0.6 is 0 Å². The van der Waals surface area contributed by atoms with Crippen LogP contribution in [0.2, 0.25) is 0 Å². The Balaban J connectivity index is 1.62. The van der Waals surface area contributed by atoms with E-state index in [-0.39, 0.29) is 17.9 Å². The Labute approximate surface area is 171 Å². The summed E-state index contributed by atoms with van der Waals surface area (Å²) in [7, 11) is 0. The van der Waals surface area contributed by atoms with Crippen molar-refractivity contribution in [3.63, 3.8) is 0 Å². The van der Waals surface area contributed by atoms with Crippen LogP contribution in [-0.2, 0) is 17.6 Å². The van der Waals surface area contributed by atoms with Gasteiger partial charge in [0.1, 0.15) is 5.76 Å². The second kappa shape index (κ2) is 9.24. The van der Waals surface area contributed by atoms with Gasteiger partial charge in [0.2, 0.25) is 11.8 Å². The van der Waals surface area contributed by atoms with Crippen molar-refractivity contribution in [1.29, 1.82) is 0 Å². The molecular formula is C21H30N4O4. The van der Waals surface area contributed by atoms with E-state index in [1.807, 2.05) is 9.80 Å². The van der Waals surface area contributed by atoms with E-state index in [1.165, 1.54) is 6.26 Å². The Hall–Kier alpha value is -2.64. The van der Waals surface area contributed by atoms with Crippen molar-refractivity contribution in [3.05, 3.63) is 35.4 Å². The minimum Gasteiger partial charge on any atom is -0.469 e. The summed E-state index contributed by atoms with van der Waals surface area (Å²) in [6.07, 6.45) is 4.55. The summed E-state index contributed by atoms with van der Waals surface area (Å²) < 4.78 is 10.6. The summed E-state index contributed by atoms with van der Waals surface area (Å²) in [5, 5.41) is 4.03. The second-order valence-electron chi connectivity index (χ2n) is 8.10. The average Bonchev–Trinajstić information content (AvgIpc) is 3.29. The van der Waals surface area contributed by atoms with Gasteiger partial charge < -0.3 is 18.7 Å². The third-order valence-corrected chi connectivity index (χ3v) is 5.29. The van der Waals surface area contributed by atoms with E-state index in [0.29, 0.717) is 55.0 Å². The molecule has 2 aromatic heterocycles. The van der Waals surface area contributed by atoms with Crippen LogP contribution in [0.4, 0.5) is 0 Å². The number of hydrogen-bond donors (Lipinski definition) is 0. The van der Waals surface area contributed by atoms with Crippen LogP contribution in [-0.4, -0.2) is 57.4 Å². The van der Waals surface area contributed by atoms with Gasteiger partial charge in [-0.2, -0.15) is 4.98 Å². The van der Waals surface area contributed by atoms with Gasteiger partial charge in [0.15, 0.2) is 5.82 Å². The van der Waals surface area contributed by atoms with E-state index in [9.17, 15) is 9.59 Å². The smallest absolute Gasteiger partial charge is 0.257 e. The molecule has 0 radical (unpaired) electrons. The number of furan rings is 1. The first-order chi connectivity index (χ1) is 13.8. The van der Waals surface area contributed by atoms with Crippen molar-refractivity contribution >= 4 is 11.8 Å². The highest BCUT2D eigenvalue weighted by Crippen LogP contribution is 2.20. The predicted octanol–water partition coefficient (Wildman–Crippen LogP) is 2.87. The molecule has 0 aromatic carbocycles. The minimum absolute atomic E-state index is 0.00492. The molecule has 0 saturated carbocycles. The van der Waals surface area contributed by atoms with Gasteiger partial charge in [0.05, 0.1) is 11.8 Å². The maximum atomic E-state index is 12.8. The topological polar surface area (TPSA) is 92.7 Å². The number of piperidine rings is 1. The van der Waals surface area contributed by atoms with Gasteiger partial charge >= 0.3 is 0 Å². The van der Waals surface area contributed by atoms with E-state index in [0.717, 1.165) is 19.3 Å². The summed E-state index contributed by atoms with van der Waals surface area (Å²) in [5.41, 5.74) is 0.588. The van der Waals surface area contributed by atoms with Gasteiger partial charge in [-0.15, -0.1) is 0 Å². The highest BCUT2D eigenvalue weighted by atomic mass is 16.5. The Morgan fingerprint density at radius 1 is 1.38 bits per heavy atom. The Morgan fingerprint density at radius 2 is 2.17 bits per heavy atom. The molecular weight excluding hydrogens is 372 g/mol. The van der Waals surface area contributed by atoms with Gasteiger partial charge in [-0.1, -0.05) is 19.0 Å². The van der Waals surface area contributed by atoms with E-state index >= 15 is 0 Å². The number of likely N-dealkylation sites (tertiary alicyclic amines) is 1. The maximum absolute atomic E-state index is 12.8. The van der Waals surface area contributed by atoms with Crippen molar-refractivity contribution in [2.45, 2.75) is 59.4 Å². The SMILES string of the molecule is CC(=O)N(CCc1noc(CC(C)C)n1)C1CCCN(C(=O)c2ccoc2C)C1. The van der Waals surface area contributed by atoms with E-state index in [2.05, 4.69) is 24.0 Å². The molecule has 29 heavy (non-hydrogen) atoms. The number of aromatic nitrogens is 2. The fourth-order valence-corrected chi connectivity index (χ4v) is 3.81. The largest absolute Gasteiger partial charge is 0.469 e. The summed E-state index contributed by atoms with van der Waals surface area (Å²) in [6, 6.07) is 1.69.